The van der Waals surface area contributed by atoms with Gasteiger partial charge in [0.25, 0.3) is 5.91 Å². The van der Waals surface area contributed by atoms with Crippen molar-refractivity contribution in [3.8, 4) is 11.8 Å². The van der Waals surface area contributed by atoms with E-state index in [1.54, 1.807) is 6.07 Å². The van der Waals surface area contributed by atoms with Gasteiger partial charge in [0, 0.05) is 29.4 Å². The van der Waals surface area contributed by atoms with E-state index in [-0.39, 0.29) is 35.6 Å². The first-order valence-electron chi connectivity index (χ1n) is 11.5. The van der Waals surface area contributed by atoms with E-state index in [9.17, 15) is 28.4 Å². The molecule has 1 aliphatic heterocycles. The highest BCUT2D eigenvalue weighted by molar-refractivity contribution is 6.01. The van der Waals surface area contributed by atoms with E-state index >= 15 is 0 Å². The third-order valence-electron chi connectivity index (χ3n) is 5.83. The SMILES string of the molecule is CC(C)CC(NC(=O)c1cc2c(OC(F)F)cccc2[nH]1)C(=O)NC(CC#N)CC1CCNC1=O. The van der Waals surface area contributed by atoms with Crippen molar-refractivity contribution in [1.29, 1.82) is 5.26 Å². The lowest BCUT2D eigenvalue weighted by molar-refractivity contribution is -0.125. The van der Waals surface area contributed by atoms with Gasteiger partial charge in [0.2, 0.25) is 11.8 Å². The first-order valence-corrected chi connectivity index (χ1v) is 11.5. The number of hydrogen-bond donors (Lipinski definition) is 4. The van der Waals surface area contributed by atoms with Crippen LogP contribution in [-0.4, -0.2) is 47.9 Å². The summed E-state index contributed by atoms with van der Waals surface area (Å²) in [5.74, 6) is -1.42. The molecule has 0 bridgehead atoms. The Balaban J connectivity index is 1.73. The van der Waals surface area contributed by atoms with Gasteiger partial charge in [-0.1, -0.05) is 19.9 Å². The van der Waals surface area contributed by atoms with Crippen molar-refractivity contribution < 1.29 is 27.9 Å². The van der Waals surface area contributed by atoms with Crippen molar-refractivity contribution >= 4 is 28.6 Å². The average molecular weight is 490 g/mol. The van der Waals surface area contributed by atoms with E-state index in [0.29, 0.717) is 36.7 Å². The quantitative estimate of drug-likeness (QED) is 0.385. The summed E-state index contributed by atoms with van der Waals surface area (Å²) in [6, 6.07) is 6.51. The Hall–Kier alpha value is -3.68. The van der Waals surface area contributed by atoms with Crippen molar-refractivity contribution in [3.63, 3.8) is 0 Å². The number of carbonyl (C=O) groups is 3. The Morgan fingerprint density at radius 3 is 2.69 bits per heavy atom. The minimum Gasteiger partial charge on any atom is -0.434 e. The molecule has 11 heteroatoms. The van der Waals surface area contributed by atoms with Crippen LogP contribution in [0.3, 0.4) is 0 Å². The predicted octanol–water partition coefficient (Wildman–Crippen LogP) is 2.84. The Bertz CT molecular complexity index is 1110. The number of aromatic nitrogens is 1. The number of amides is 3. The Morgan fingerprint density at radius 1 is 1.29 bits per heavy atom. The van der Waals surface area contributed by atoms with Gasteiger partial charge in [0.05, 0.1) is 12.5 Å². The summed E-state index contributed by atoms with van der Waals surface area (Å²) in [7, 11) is 0. The van der Waals surface area contributed by atoms with Crippen LogP contribution in [0.1, 0.15) is 50.0 Å². The van der Waals surface area contributed by atoms with Crippen LogP contribution in [0, 0.1) is 23.2 Å². The number of alkyl halides is 2. The summed E-state index contributed by atoms with van der Waals surface area (Å²) < 4.78 is 29.9. The van der Waals surface area contributed by atoms with Gasteiger partial charge in [-0.2, -0.15) is 14.0 Å². The van der Waals surface area contributed by atoms with Crippen molar-refractivity contribution in [2.45, 2.75) is 58.2 Å². The molecule has 0 aliphatic carbocycles. The summed E-state index contributed by atoms with van der Waals surface area (Å²) in [5, 5.41) is 17.8. The molecule has 1 aromatic heterocycles. The summed E-state index contributed by atoms with van der Waals surface area (Å²) in [4.78, 5) is 40.8. The third-order valence-corrected chi connectivity index (χ3v) is 5.83. The van der Waals surface area contributed by atoms with Crippen LogP contribution in [-0.2, 0) is 9.59 Å². The van der Waals surface area contributed by atoms with Crippen LogP contribution in [0.25, 0.3) is 10.9 Å². The van der Waals surface area contributed by atoms with Crippen LogP contribution in [0.4, 0.5) is 8.78 Å². The number of nitrogens with one attached hydrogen (secondary N) is 4. The summed E-state index contributed by atoms with van der Waals surface area (Å²) in [5.41, 5.74) is 0.519. The van der Waals surface area contributed by atoms with Crippen molar-refractivity contribution in [1.82, 2.24) is 20.9 Å². The third kappa shape index (κ3) is 6.91. The van der Waals surface area contributed by atoms with Gasteiger partial charge in [-0.05, 0) is 43.4 Å². The molecule has 2 heterocycles. The Labute approximate surface area is 201 Å². The number of benzene rings is 1. The number of aromatic amines is 1. The lowest BCUT2D eigenvalue weighted by Gasteiger charge is -2.24. The molecular weight excluding hydrogens is 460 g/mol. The molecule has 188 valence electrons. The molecule has 2 aromatic rings. The van der Waals surface area contributed by atoms with Crippen LogP contribution in [0.15, 0.2) is 24.3 Å². The molecular formula is C24H29F2N5O4. The van der Waals surface area contributed by atoms with E-state index in [0.717, 1.165) is 0 Å². The molecule has 4 N–H and O–H groups in total. The second-order valence-corrected chi connectivity index (χ2v) is 9.01. The fraction of sp³-hybridized carbons (Fsp3) is 0.500. The number of ether oxygens (including phenoxy) is 1. The monoisotopic (exact) mass is 489 g/mol. The molecule has 3 atom stereocenters. The van der Waals surface area contributed by atoms with Crippen molar-refractivity contribution in [2.75, 3.05) is 6.54 Å². The van der Waals surface area contributed by atoms with Gasteiger partial charge >= 0.3 is 6.61 Å². The van der Waals surface area contributed by atoms with Gasteiger partial charge in [0.15, 0.2) is 0 Å². The zero-order valence-electron chi connectivity index (χ0n) is 19.6. The topological polar surface area (TPSA) is 136 Å². The molecule has 0 saturated carbocycles. The van der Waals surface area contributed by atoms with Crippen LogP contribution in [0.2, 0.25) is 0 Å². The second-order valence-electron chi connectivity index (χ2n) is 9.01. The van der Waals surface area contributed by atoms with Gasteiger partial charge < -0.3 is 25.7 Å². The van der Waals surface area contributed by atoms with Crippen molar-refractivity contribution in [2.24, 2.45) is 11.8 Å². The molecule has 1 fully saturated rings. The van der Waals surface area contributed by atoms with Crippen molar-refractivity contribution in [3.05, 3.63) is 30.0 Å². The highest BCUT2D eigenvalue weighted by Crippen LogP contribution is 2.28. The standard InChI is InChI=1S/C24H29F2N5O4/c1-13(2)10-18(22(33)29-15(6-8-27)11-14-7-9-28-21(14)32)31-23(34)19-12-16-17(30-19)4-3-5-20(16)35-24(25)26/h3-5,12-15,18,24,30H,6-7,9-11H2,1-2H3,(H,28,32)(H,29,33)(H,31,34). The van der Waals surface area contributed by atoms with Gasteiger partial charge in [-0.15, -0.1) is 0 Å². The first-order chi connectivity index (χ1) is 16.7. The zero-order valence-corrected chi connectivity index (χ0v) is 19.6. The van der Waals surface area contributed by atoms with E-state index in [2.05, 4.69) is 25.7 Å². The molecule has 1 aromatic carbocycles. The fourth-order valence-corrected chi connectivity index (χ4v) is 4.21. The largest absolute Gasteiger partial charge is 0.434 e. The number of H-pyrrole nitrogens is 1. The molecule has 0 radical (unpaired) electrons. The van der Waals surface area contributed by atoms with E-state index in [1.165, 1.54) is 18.2 Å². The lowest BCUT2D eigenvalue weighted by Crippen LogP contribution is -2.50. The maximum absolute atomic E-state index is 13.1. The highest BCUT2D eigenvalue weighted by atomic mass is 19.3. The number of rotatable bonds is 11. The minimum atomic E-state index is -3.01. The summed E-state index contributed by atoms with van der Waals surface area (Å²) >= 11 is 0. The molecule has 9 nitrogen and oxygen atoms in total. The number of nitrogens with zero attached hydrogens (tertiary/aromatic N) is 1. The average Bonchev–Trinajstić information content (AvgIpc) is 3.39. The zero-order chi connectivity index (χ0) is 25.5. The number of nitriles is 1. The van der Waals surface area contributed by atoms with E-state index in [1.807, 2.05) is 19.9 Å². The summed E-state index contributed by atoms with van der Waals surface area (Å²) in [6.45, 7) is 1.36. The minimum absolute atomic E-state index is 0.0345. The van der Waals surface area contributed by atoms with Crippen LogP contribution in [0.5, 0.6) is 5.75 Å². The Morgan fingerprint density at radius 2 is 2.06 bits per heavy atom. The van der Waals surface area contributed by atoms with Gasteiger partial charge in [-0.3, -0.25) is 14.4 Å². The number of hydrogen-bond acceptors (Lipinski definition) is 5. The number of fused-ring (bicyclic) bond motifs is 1. The molecule has 3 amide bonds. The molecule has 3 unspecified atom stereocenters. The van der Waals surface area contributed by atoms with Crippen LogP contribution < -0.4 is 20.7 Å². The summed E-state index contributed by atoms with van der Waals surface area (Å²) in [6.07, 6.45) is 1.34. The molecule has 1 aliphatic rings. The van der Waals surface area contributed by atoms with E-state index in [4.69, 9.17) is 0 Å². The predicted molar refractivity (Wildman–Crippen MR) is 124 cm³/mol. The normalized spacial score (nSPS) is 17.2. The first kappa shape index (κ1) is 25.9. The van der Waals surface area contributed by atoms with Gasteiger partial charge in [-0.25, -0.2) is 0 Å². The van der Waals surface area contributed by atoms with Crippen LogP contribution >= 0.6 is 0 Å². The number of halogens is 2. The molecule has 3 rings (SSSR count). The lowest BCUT2D eigenvalue weighted by atomic mass is 9.96. The van der Waals surface area contributed by atoms with E-state index < -0.39 is 30.5 Å². The molecule has 1 saturated heterocycles. The fourth-order valence-electron chi connectivity index (χ4n) is 4.21. The second kappa shape index (κ2) is 11.6. The maximum atomic E-state index is 13.1. The highest BCUT2D eigenvalue weighted by Gasteiger charge is 2.30. The molecule has 35 heavy (non-hydrogen) atoms. The molecule has 0 spiro atoms. The Kier molecular flexibility index (Phi) is 8.63. The maximum Gasteiger partial charge on any atom is 0.387 e. The van der Waals surface area contributed by atoms with Gasteiger partial charge in [0.1, 0.15) is 17.5 Å². The number of carbonyl (C=O) groups excluding carboxylic acids is 3. The smallest absolute Gasteiger partial charge is 0.387 e.